The highest BCUT2D eigenvalue weighted by atomic mass is 32.2. The van der Waals surface area contributed by atoms with Crippen molar-refractivity contribution in [1.29, 1.82) is 0 Å². The summed E-state index contributed by atoms with van der Waals surface area (Å²) < 4.78 is 37.7. The van der Waals surface area contributed by atoms with Gasteiger partial charge in [-0.1, -0.05) is 41.5 Å². The maximum Gasteiger partial charge on any atom is 0.416 e. The average molecular weight is 433 g/mol. The lowest BCUT2D eigenvalue weighted by Gasteiger charge is -2.28. The van der Waals surface area contributed by atoms with Gasteiger partial charge in [0.1, 0.15) is 0 Å². The Bertz CT molecular complexity index is 633. The normalized spacial score (nSPS) is 19.3. The number of benzene rings is 1. The average Bonchev–Trinajstić information content (AvgIpc) is 3.51. The molecule has 0 aliphatic heterocycles. The number of ketones is 1. The number of allylic oxidation sites excluding steroid dienone is 2. The van der Waals surface area contributed by atoms with Crippen molar-refractivity contribution in [3.8, 4) is 0 Å². The van der Waals surface area contributed by atoms with Gasteiger partial charge in [0, 0.05) is 29.6 Å². The van der Waals surface area contributed by atoms with Gasteiger partial charge in [0.25, 0.3) is 0 Å². The van der Waals surface area contributed by atoms with Crippen LogP contribution in [0.1, 0.15) is 72.8 Å². The van der Waals surface area contributed by atoms with E-state index in [0.717, 1.165) is 35.6 Å². The van der Waals surface area contributed by atoms with E-state index in [9.17, 15) is 23.1 Å². The molecule has 1 unspecified atom stereocenters. The molecule has 1 fully saturated rings. The minimum Gasteiger partial charge on any atom is -0.512 e. The van der Waals surface area contributed by atoms with Crippen molar-refractivity contribution in [1.82, 2.24) is 0 Å². The van der Waals surface area contributed by atoms with Crippen molar-refractivity contribution in [2.45, 2.75) is 78.3 Å². The van der Waals surface area contributed by atoms with Crippen LogP contribution in [-0.4, -0.2) is 16.6 Å². The SMILES string of the molecule is CC.CC.CC.O=C1C=C(O)CC(C2(CSc3ccc(C(F)(F)F)cc3)CC2)C1. The summed E-state index contributed by atoms with van der Waals surface area (Å²) in [4.78, 5) is 12.4. The van der Waals surface area contributed by atoms with Gasteiger partial charge in [0.2, 0.25) is 0 Å². The number of hydrogen-bond donors (Lipinski definition) is 1. The Hall–Kier alpha value is -1.43. The van der Waals surface area contributed by atoms with E-state index in [0.29, 0.717) is 12.8 Å². The molecule has 0 amide bonds. The molecule has 29 heavy (non-hydrogen) atoms. The summed E-state index contributed by atoms with van der Waals surface area (Å²) in [5.41, 5.74) is -0.610. The van der Waals surface area contributed by atoms with Gasteiger partial charge in [-0.15, -0.1) is 11.8 Å². The topological polar surface area (TPSA) is 37.3 Å². The second kappa shape index (κ2) is 13.0. The highest BCUT2D eigenvalue weighted by Gasteiger charge is 2.50. The quantitative estimate of drug-likeness (QED) is 0.489. The molecule has 1 atom stereocenters. The molecule has 1 aromatic rings. The lowest BCUT2D eigenvalue weighted by molar-refractivity contribution is -0.137. The molecular weight excluding hydrogens is 397 g/mol. The number of alkyl halides is 3. The van der Waals surface area contributed by atoms with Crippen molar-refractivity contribution in [2.24, 2.45) is 11.3 Å². The van der Waals surface area contributed by atoms with Gasteiger partial charge in [0.15, 0.2) is 5.78 Å². The van der Waals surface area contributed by atoms with Crippen LogP contribution in [-0.2, 0) is 11.0 Å². The summed E-state index contributed by atoms with van der Waals surface area (Å²) in [5, 5.41) is 9.66. The Morgan fingerprint density at radius 1 is 1.00 bits per heavy atom. The second-order valence-electron chi connectivity index (χ2n) is 6.38. The second-order valence-corrected chi connectivity index (χ2v) is 7.43. The Morgan fingerprint density at radius 3 is 1.93 bits per heavy atom. The highest BCUT2D eigenvalue weighted by Crippen LogP contribution is 2.58. The predicted octanol–water partition coefficient (Wildman–Crippen LogP) is 8.08. The number of hydrogen-bond acceptors (Lipinski definition) is 3. The van der Waals surface area contributed by atoms with Gasteiger partial charge in [-0.3, -0.25) is 4.79 Å². The van der Waals surface area contributed by atoms with Crippen molar-refractivity contribution < 1.29 is 23.1 Å². The number of aliphatic hydroxyl groups excluding tert-OH is 1. The molecule has 1 saturated carbocycles. The third kappa shape index (κ3) is 8.45. The van der Waals surface area contributed by atoms with E-state index in [4.69, 9.17) is 0 Å². The van der Waals surface area contributed by atoms with Crippen molar-refractivity contribution in [2.75, 3.05) is 5.75 Å². The zero-order valence-corrected chi connectivity index (χ0v) is 19.2. The minimum absolute atomic E-state index is 0.0330. The lowest BCUT2D eigenvalue weighted by Crippen LogP contribution is -2.25. The van der Waals surface area contributed by atoms with Crippen LogP contribution in [0.5, 0.6) is 0 Å². The first-order chi connectivity index (χ1) is 13.8. The fraction of sp³-hybridized carbons (Fsp3) is 0.609. The molecule has 3 rings (SSSR count). The van der Waals surface area contributed by atoms with Gasteiger partial charge in [-0.25, -0.2) is 0 Å². The van der Waals surface area contributed by atoms with Crippen LogP contribution in [0.4, 0.5) is 13.2 Å². The Balaban J connectivity index is 0.00000120. The molecule has 166 valence electrons. The van der Waals surface area contributed by atoms with Crippen molar-refractivity contribution in [3.05, 3.63) is 41.7 Å². The van der Waals surface area contributed by atoms with Crippen molar-refractivity contribution in [3.63, 3.8) is 0 Å². The molecule has 1 aromatic carbocycles. The summed E-state index contributed by atoms with van der Waals surface area (Å²) in [5.74, 6) is 1.02. The van der Waals surface area contributed by atoms with Crippen LogP contribution >= 0.6 is 11.8 Å². The van der Waals surface area contributed by atoms with E-state index in [1.54, 1.807) is 0 Å². The van der Waals surface area contributed by atoms with E-state index in [1.807, 2.05) is 41.5 Å². The fourth-order valence-electron chi connectivity index (χ4n) is 3.10. The zero-order chi connectivity index (χ0) is 22.7. The molecule has 0 bridgehead atoms. The summed E-state index contributed by atoms with van der Waals surface area (Å²) in [6, 6.07) is 5.18. The van der Waals surface area contributed by atoms with E-state index in [2.05, 4.69) is 0 Å². The molecule has 2 aliphatic rings. The standard InChI is InChI=1S/C17H17F3O2S.3C2H6/c18-17(19,20)11-1-3-15(4-2-11)23-10-16(5-6-16)12-7-13(21)9-14(22)8-12;3*1-2/h1-4,9,12,21H,5-8,10H2;3*1-2H3. The Kier molecular flexibility index (Phi) is 12.3. The maximum atomic E-state index is 12.6. The Labute approximate surface area is 178 Å². The fourth-order valence-corrected chi connectivity index (χ4v) is 4.41. The van der Waals surface area contributed by atoms with Gasteiger partial charge in [0.05, 0.1) is 11.3 Å². The van der Waals surface area contributed by atoms with Gasteiger partial charge in [-0.05, 0) is 48.4 Å². The lowest BCUT2D eigenvalue weighted by atomic mass is 9.80. The smallest absolute Gasteiger partial charge is 0.416 e. The summed E-state index contributed by atoms with van der Waals surface area (Å²) in [7, 11) is 0. The first kappa shape index (κ1) is 27.6. The van der Waals surface area contributed by atoms with E-state index in [-0.39, 0.29) is 22.9 Å². The molecule has 1 N–H and O–H groups in total. The molecular formula is C23H35F3O2S. The molecule has 0 spiro atoms. The van der Waals surface area contributed by atoms with Gasteiger partial charge >= 0.3 is 6.18 Å². The van der Waals surface area contributed by atoms with E-state index >= 15 is 0 Å². The third-order valence-corrected chi connectivity index (χ3v) is 6.02. The molecule has 2 aliphatic carbocycles. The van der Waals surface area contributed by atoms with Gasteiger partial charge < -0.3 is 5.11 Å². The highest BCUT2D eigenvalue weighted by molar-refractivity contribution is 7.99. The number of carbonyl (C=O) groups is 1. The number of thioether (sulfide) groups is 1. The minimum atomic E-state index is -4.31. The predicted molar refractivity (Wildman–Crippen MR) is 116 cm³/mol. The monoisotopic (exact) mass is 432 g/mol. The molecule has 6 heteroatoms. The molecule has 0 heterocycles. The molecule has 0 saturated heterocycles. The van der Waals surface area contributed by atoms with E-state index < -0.39 is 11.7 Å². The van der Waals surface area contributed by atoms with E-state index in [1.165, 1.54) is 30.0 Å². The van der Waals surface area contributed by atoms with Crippen LogP contribution in [0.15, 0.2) is 41.0 Å². The first-order valence-electron chi connectivity index (χ1n) is 10.5. The number of carbonyl (C=O) groups excluding carboxylic acids is 1. The molecule has 0 aromatic heterocycles. The van der Waals surface area contributed by atoms with Crippen LogP contribution in [0, 0.1) is 11.3 Å². The van der Waals surface area contributed by atoms with Crippen LogP contribution in [0.2, 0.25) is 0 Å². The molecule has 2 nitrogen and oxygen atoms in total. The van der Waals surface area contributed by atoms with Crippen LogP contribution in [0.25, 0.3) is 0 Å². The van der Waals surface area contributed by atoms with Gasteiger partial charge in [-0.2, -0.15) is 13.2 Å². The summed E-state index contributed by atoms with van der Waals surface area (Å²) in [6.45, 7) is 12.0. The van der Waals surface area contributed by atoms with Crippen LogP contribution in [0.3, 0.4) is 0 Å². The zero-order valence-electron chi connectivity index (χ0n) is 18.4. The Morgan fingerprint density at radius 2 is 1.52 bits per heavy atom. The number of rotatable bonds is 4. The first-order valence-corrected chi connectivity index (χ1v) is 11.5. The third-order valence-electron chi connectivity index (χ3n) is 4.70. The number of halogens is 3. The maximum absolute atomic E-state index is 12.6. The largest absolute Gasteiger partial charge is 0.512 e. The van der Waals surface area contributed by atoms with Crippen LogP contribution < -0.4 is 0 Å². The number of aliphatic hydroxyl groups is 1. The molecule has 0 radical (unpaired) electrons. The summed E-state index contributed by atoms with van der Waals surface area (Å²) in [6.07, 6.45) is -0.0164. The summed E-state index contributed by atoms with van der Waals surface area (Å²) >= 11 is 1.53. The van der Waals surface area contributed by atoms with Crippen molar-refractivity contribution >= 4 is 17.5 Å².